The third-order valence-corrected chi connectivity index (χ3v) is 2.75. The molecular formula is C14H12FNS. The summed E-state index contributed by atoms with van der Waals surface area (Å²) in [5, 5.41) is 3.07. The van der Waals surface area contributed by atoms with Crippen molar-refractivity contribution in [3.63, 3.8) is 0 Å². The van der Waals surface area contributed by atoms with Gasteiger partial charge in [-0.2, -0.15) is 0 Å². The molecule has 0 amide bonds. The molecule has 0 aliphatic rings. The molecule has 0 spiro atoms. The number of benzene rings is 2. The Balaban J connectivity index is 2.11. The molecule has 2 rings (SSSR count). The van der Waals surface area contributed by atoms with Crippen molar-refractivity contribution in [2.75, 3.05) is 5.32 Å². The molecule has 1 N–H and O–H groups in total. The standard InChI is InChI=1S/C14H12FNS/c1-10-2-4-11(5-3-10)14(17)16-13-8-6-12(15)7-9-13/h2-9H,1H3,(H,16,17). The van der Waals surface area contributed by atoms with Crippen LogP contribution in [0.1, 0.15) is 11.1 Å². The summed E-state index contributed by atoms with van der Waals surface area (Å²) in [5.41, 5.74) is 2.94. The van der Waals surface area contributed by atoms with E-state index in [1.165, 1.54) is 17.7 Å². The number of thiocarbonyl (C=S) groups is 1. The normalized spacial score (nSPS) is 10.0. The van der Waals surface area contributed by atoms with Gasteiger partial charge in [0, 0.05) is 11.3 Å². The molecule has 0 radical (unpaired) electrons. The van der Waals surface area contributed by atoms with E-state index in [9.17, 15) is 4.39 Å². The zero-order valence-electron chi connectivity index (χ0n) is 9.41. The molecule has 3 heteroatoms. The highest BCUT2D eigenvalue weighted by Gasteiger charge is 2.01. The fraction of sp³-hybridized carbons (Fsp3) is 0.0714. The van der Waals surface area contributed by atoms with Gasteiger partial charge in [0.15, 0.2) is 0 Å². The van der Waals surface area contributed by atoms with Gasteiger partial charge in [-0.15, -0.1) is 0 Å². The predicted molar refractivity (Wildman–Crippen MR) is 72.9 cm³/mol. The van der Waals surface area contributed by atoms with E-state index in [2.05, 4.69) is 5.32 Å². The zero-order chi connectivity index (χ0) is 12.3. The third kappa shape index (κ3) is 3.11. The summed E-state index contributed by atoms with van der Waals surface area (Å²) >= 11 is 5.27. The first-order valence-corrected chi connectivity index (χ1v) is 5.69. The summed E-state index contributed by atoms with van der Waals surface area (Å²) in [7, 11) is 0. The Kier molecular flexibility index (Phi) is 3.49. The van der Waals surface area contributed by atoms with E-state index >= 15 is 0 Å². The Morgan fingerprint density at radius 1 is 1.00 bits per heavy atom. The number of rotatable bonds is 2. The van der Waals surface area contributed by atoms with Crippen molar-refractivity contribution in [3.05, 3.63) is 65.5 Å². The molecule has 0 aliphatic heterocycles. The first-order valence-electron chi connectivity index (χ1n) is 5.29. The minimum atomic E-state index is -0.253. The van der Waals surface area contributed by atoms with Gasteiger partial charge in [0.2, 0.25) is 0 Å². The van der Waals surface area contributed by atoms with Gasteiger partial charge in [-0.1, -0.05) is 42.0 Å². The predicted octanol–water partition coefficient (Wildman–Crippen LogP) is 3.92. The smallest absolute Gasteiger partial charge is 0.123 e. The molecule has 86 valence electrons. The first-order chi connectivity index (χ1) is 8.15. The zero-order valence-corrected chi connectivity index (χ0v) is 10.2. The fourth-order valence-corrected chi connectivity index (χ4v) is 1.70. The summed E-state index contributed by atoms with van der Waals surface area (Å²) in [6, 6.07) is 14.1. The van der Waals surface area contributed by atoms with Gasteiger partial charge < -0.3 is 5.32 Å². The Hall–Kier alpha value is -1.74. The van der Waals surface area contributed by atoms with Crippen LogP contribution in [-0.2, 0) is 0 Å². The molecule has 0 aromatic heterocycles. The van der Waals surface area contributed by atoms with Crippen LogP contribution in [0.2, 0.25) is 0 Å². The van der Waals surface area contributed by atoms with Crippen molar-refractivity contribution in [1.29, 1.82) is 0 Å². The molecule has 1 nitrogen and oxygen atoms in total. The fourth-order valence-electron chi connectivity index (χ4n) is 1.44. The average molecular weight is 245 g/mol. The molecule has 0 saturated heterocycles. The number of hydrogen-bond donors (Lipinski definition) is 1. The van der Waals surface area contributed by atoms with Gasteiger partial charge in [0.25, 0.3) is 0 Å². The number of hydrogen-bond acceptors (Lipinski definition) is 1. The maximum atomic E-state index is 12.7. The number of halogens is 1. The van der Waals surface area contributed by atoms with Crippen LogP contribution in [0.3, 0.4) is 0 Å². The molecule has 0 fully saturated rings. The van der Waals surface area contributed by atoms with Crippen LogP contribution in [0.15, 0.2) is 48.5 Å². The van der Waals surface area contributed by atoms with Gasteiger partial charge >= 0.3 is 0 Å². The van der Waals surface area contributed by atoms with Gasteiger partial charge in [-0.3, -0.25) is 0 Å². The lowest BCUT2D eigenvalue weighted by Crippen LogP contribution is -2.10. The van der Waals surface area contributed by atoms with Crippen LogP contribution in [0.5, 0.6) is 0 Å². The summed E-state index contributed by atoms with van der Waals surface area (Å²) in [6.45, 7) is 2.03. The highest BCUT2D eigenvalue weighted by molar-refractivity contribution is 7.81. The minimum Gasteiger partial charge on any atom is -0.346 e. The highest BCUT2D eigenvalue weighted by Crippen LogP contribution is 2.11. The number of nitrogens with one attached hydrogen (secondary N) is 1. The highest BCUT2D eigenvalue weighted by atomic mass is 32.1. The van der Waals surface area contributed by atoms with Gasteiger partial charge in [-0.05, 0) is 31.2 Å². The van der Waals surface area contributed by atoms with Crippen LogP contribution in [0, 0.1) is 12.7 Å². The topological polar surface area (TPSA) is 12.0 Å². The van der Waals surface area contributed by atoms with Crippen LogP contribution < -0.4 is 5.32 Å². The van der Waals surface area contributed by atoms with Crippen molar-refractivity contribution in [3.8, 4) is 0 Å². The molecule has 0 atom stereocenters. The number of aryl methyl sites for hydroxylation is 1. The van der Waals surface area contributed by atoms with Gasteiger partial charge in [0.1, 0.15) is 10.8 Å². The lowest BCUT2D eigenvalue weighted by Gasteiger charge is -2.08. The summed E-state index contributed by atoms with van der Waals surface area (Å²) < 4.78 is 12.7. The largest absolute Gasteiger partial charge is 0.346 e. The van der Waals surface area contributed by atoms with Crippen molar-refractivity contribution >= 4 is 22.9 Å². The van der Waals surface area contributed by atoms with Crippen LogP contribution in [0.25, 0.3) is 0 Å². The maximum absolute atomic E-state index is 12.7. The second kappa shape index (κ2) is 5.06. The van der Waals surface area contributed by atoms with Gasteiger partial charge in [-0.25, -0.2) is 4.39 Å². The molecule has 0 saturated carbocycles. The minimum absolute atomic E-state index is 0.253. The molecule has 0 heterocycles. The molecule has 2 aromatic carbocycles. The van der Waals surface area contributed by atoms with Crippen molar-refractivity contribution in [2.24, 2.45) is 0 Å². The van der Waals surface area contributed by atoms with Crippen molar-refractivity contribution < 1.29 is 4.39 Å². The first kappa shape index (κ1) is 11.7. The van der Waals surface area contributed by atoms with Crippen molar-refractivity contribution in [2.45, 2.75) is 6.92 Å². The van der Waals surface area contributed by atoms with E-state index < -0.39 is 0 Å². The maximum Gasteiger partial charge on any atom is 0.123 e. The van der Waals surface area contributed by atoms with E-state index in [0.29, 0.717) is 4.99 Å². The Labute approximate surface area is 105 Å². The Morgan fingerprint density at radius 2 is 1.59 bits per heavy atom. The average Bonchev–Trinajstić information content (AvgIpc) is 2.33. The Bertz CT molecular complexity index is 517. The monoisotopic (exact) mass is 245 g/mol. The van der Waals surface area contributed by atoms with E-state index in [-0.39, 0.29) is 5.82 Å². The SMILES string of the molecule is Cc1ccc(C(=S)Nc2ccc(F)cc2)cc1. The van der Waals surface area contributed by atoms with E-state index in [1.54, 1.807) is 12.1 Å². The van der Waals surface area contributed by atoms with Gasteiger partial charge in [0.05, 0.1) is 0 Å². The third-order valence-electron chi connectivity index (χ3n) is 2.42. The summed E-state index contributed by atoms with van der Waals surface area (Å²) in [6.07, 6.45) is 0. The lowest BCUT2D eigenvalue weighted by molar-refractivity contribution is 0.628. The molecular weight excluding hydrogens is 233 g/mol. The second-order valence-electron chi connectivity index (χ2n) is 3.83. The summed E-state index contributed by atoms with van der Waals surface area (Å²) in [4.78, 5) is 0.636. The Morgan fingerprint density at radius 3 is 2.18 bits per heavy atom. The molecule has 0 bridgehead atoms. The molecule has 17 heavy (non-hydrogen) atoms. The quantitative estimate of drug-likeness (QED) is 0.805. The van der Waals surface area contributed by atoms with Crippen LogP contribution in [-0.4, -0.2) is 4.99 Å². The molecule has 2 aromatic rings. The van der Waals surface area contributed by atoms with E-state index in [0.717, 1.165) is 11.3 Å². The molecule has 0 unspecified atom stereocenters. The van der Waals surface area contributed by atoms with Crippen molar-refractivity contribution in [1.82, 2.24) is 0 Å². The van der Waals surface area contributed by atoms with Crippen LogP contribution in [0.4, 0.5) is 10.1 Å². The molecule has 0 aliphatic carbocycles. The van der Waals surface area contributed by atoms with E-state index in [4.69, 9.17) is 12.2 Å². The summed E-state index contributed by atoms with van der Waals surface area (Å²) in [5.74, 6) is -0.253. The number of anilines is 1. The van der Waals surface area contributed by atoms with E-state index in [1.807, 2.05) is 31.2 Å². The van der Waals surface area contributed by atoms with Crippen LogP contribution >= 0.6 is 12.2 Å². The second-order valence-corrected chi connectivity index (χ2v) is 4.24. The lowest BCUT2D eigenvalue weighted by atomic mass is 10.1.